The first-order valence-electron chi connectivity index (χ1n) is 8.79. The number of rotatable bonds is 5. The lowest BCUT2D eigenvalue weighted by atomic mass is 10.0. The third-order valence-corrected chi connectivity index (χ3v) is 4.47. The van der Waals surface area contributed by atoms with E-state index in [0.717, 1.165) is 5.56 Å². The highest BCUT2D eigenvalue weighted by molar-refractivity contribution is 5.99. The summed E-state index contributed by atoms with van der Waals surface area (Å²) < 4.78 is 18.8. The number of benzene rings is 2. The second-order valence-electron chi connectivity index (χ2n) is 6.36. The number of aryl methyl sites for hydroxylation is 1. The van der Waals surface area contributed by atoms with Crippen LogP contribution < -0.4 is 15.8 Å². The molecule has 0 aliphatic carbocycles. The Bertz CT molecular complexity index is 839. The molecule has 0 spiro atoms. The zero-order valence-corrected chi connectivity index (χ0v) is 15.1. The first kappa shape index (κ1) is 18.8. The second kappa shape index (κ2) is 8.18. The summed E-state index contributed by atoms with van der Waals surface area (Å²) in [5.41, 5.74) is 7.36. The van der Waals surface area contributed by atoms with Gasteiger partial charge in [-0.2, -0.15) is 0 Å². The largest absolute Gasteiger partial charge is 0.492 e. The standard InChI is InChI=1S/C20H22FN3O3/c1-13-2-3-15(12-17(13)27-11-8-22)20(26)24-10-9-23-19(25)18(24)14-4-6-16(21)7-5-14/h2-7,12,18H,8-11,22H2,1H3,(H,23,25)/t18-/m0/s1. The number of ether oxygens (including phenoxy) is 1. The summed E-state index contributed by atoms with van der Waals surface area (Å²) in [5, 5.41) is 2.76. The van der Waals surface area contributed by atoms with Crippen molar-refractivity contribution >= 4 is 11.8 Å². The molecule has 1 aliphatic heterocycles. The summed E-state index contributed by atoms with van der Waals surface area (Å²) in [6.45, 7) is 3.33. The minimum Gasteiger partial charge on any atom is -0.492 e. The average molecular weight is 371 g/mol. The van der Waals surface area contributed by atoms with Crippen molar-refractivity contribution in [2.45, 2.75) is 13.0 Å². The van der Waals surface area contributed by atoms with E-state index < -0.39 is 11.9 Å². The molecule has 7 heteroatoms. The quantitative estimate of drug-likeness (QED) is 0.839. The van der Waals surface area contributed by atoms with Crippen LogP contribution in [0, 0.1) is 12.7 Å². The molecule has 3 rings (SSSR count). The van der Waals surface area contributed by atoms with Crippen molar-refractivity contribution in [2.75, 3.05) is 26.2 Å². The van der Waals surface area contributed by atoms with Gasteiger partial charge in [0.25, 0.3) is 5.91 Å². The number of carbonyl (C=O) groups excluding carboxylic acids is 2. The SMILES string of the molecule is Cc1ccc(C(=O)N2CCNC(=O)[C@@H]2c2ccc(F)cc2)cc1OCCN. The molecule has 2 aromatic rings. The Morgan fingerprint density at radius 2 is 2.04 bits per heavy atom. The zero-order chi connectivity index (χ0) is 19.4. The van der Waals surface area contributed by atoms with Crippen molar-refractivity contribution in [1.29, 1.82) is 0 Å². The van der Waals surface area contributed by atoms with Gasteiger partial charge in [0.1, 0.15) is 24.2 Å². The predicted octanol–water partition coefficient (Wildman–Crippen LogP) is 1.78. The van der Waals surface area contributed by atoms with Gasteiger partial charge in [-0.15, -0.1) is 0 Å². The summed E-state index contributed by atoms with van der Waals surface area (Å²) in [6.07, 6.45) is 0. The molecular weight excluding hydrogens is 349 g/mol. The van der Waals surface area contributed by atoms with Crippen molar-refractivity contribution in [2.24, 2.45) is 5.73 Å². The van der Waals surface area contributed by atoms with Gasteiger partial charge in [0.05, 0.1) is 0 Å². The van der Waals surface area contributed by atoms with Crippen LogP contribution in [0.1, 0.15) is 27.5 Å². The molecule has 1 saturated heterocycles. The maximum Gasteiger partial charge on any atom is 0.255 e. The number of piperazine rings is 1. The average Bonchev–Trinajstić information content (AvgIpc) is 2.67. The Kier molecular flexibility index (Phi) is 5.71. The number of amides is 2. The third-order valence-electron chi connectivity index (χ3n) is 4.47. The van der Waals surface area contributed by atoms with Gasteiger partial charge in [-0.25, -0.2) is 4.39 Å². The summed E-state index contributed by atoms with van der Waals surface area (Å²) in [5.74, 6) is -0.371. The number of hydrogen-bond donors (Lipinski definition) is 2. The number of nitrogens with one attached hydrogen (secondary N) is 1. The van der Waals surface area contributed by atoms with Gasteiger partial charge in [-0.1, -0.05) is 18.2 Å². The Labute approximate surface area is 157 Å². The maximum absolute atomic E-state index is 13.3. The molecule has 1 heterocycles. The smallest absolute Gasteiger partial charge is 0.255 e. The lowest BCUT2D eigenvalue weighted by Gasteiger charge is -2.35. The van der Waals surface area contributed by atoms with Crippen molar-refractivity contribution in [3.8, 4) is 5.75 Å². The Hall–Kier alpha value is -2.93. The second-order valence-corrected chi connectivity index (χ2v) is 6.36. The Morgan fingerprint density at radius 3 is 2.74 bits per heavy atom. The van der Waals surface area contributed by atoms with E-state index in [2.05, 4.69) is 5.32 Å². The van der Waals surface area contributed by atoms with Gasteiger partial charge in [0.15, 0.2) is 0 Å². The molecule has 142 valence electrons. The summed E-state index contributed by atoms with van der Waals surface area (Å²) in [7, 11) is 0. The van der Waals surface area contributed by atoms with E-state index in [1.54, 1.807) is 18.2 Å². The monoisotopic (exact) mass is 371 g/mol. The van der Waals surface area contributed by atoms with Crippen molar-refractivity contribution in [1.82, 2.24) is 10.2 Å². The van der Waals surface area contributed by atoms with Crippen molar-refractivity contribution in [3.63, 3.8) is 0 Å². The molecule has 2 amide bonds. The van der Waals surface area contributed by atoms with Crippen molar-refractivity contribution in [3.05, 3.63) is 65.0 Å². The lowest BCUT2D eigenvalue weighted by Crippen LogP contribution is -2.52. The molecular formula is C20H22FN3O3. The topological polar surface area (TPSA) is 84.7 Å². The Morgan fingerprint density at radius 1 is 1.30 bits per heavy atom. The fourth-order valence-electron chi connectivity index (χ4n) is 3.09. The molecule has 27 heavy (non-hydrogen) atoms. The number of nitrogens with zero attached hydrogens (tertiary/aromatic N) is 1. The minimum atomic E-state index is -0.804. The van der Waals surface area contributed by atoms with Crippen LogP contribution in [0.2, 0.25) is 0 Å². The van der Waals surface area contributed by atoms with Gasteiger partial charge >= 0.3 is 0 Å². The molecule has 6 nitrogen and oxygen atoms in total. The van der Waals surface area contributed by atoms with E-state index in [4.69, 9.17) is 10.5 Å². The van der Waals surface area contributed by atoms with Gasteiger partial charge in [-0.3, -0.25) is 9.59 Å². The Balaban J connectivity index is 1.91. The minimum absolute atomic E-state index is 0.281. The summed E-state index contributed by atoms with van der Waals surface area (Å²) in [6, 6.07) is 9.99. The molecule has 0 saturated carbocycles. The van der Waals surface area contributed by atoms with Crippen LogP contribution in [0.4, 0.5) is 4.39 Å². The molecule has 0 unspecified atom stereocenters. The van der Waals surface area contributed by atoms with Gasteiger partial charge in [0, 0.05) is 25.2 Å². The summed E-state index contributed by atoms with van der Waals surface area (Å²) >= 11 is 0. The zero-order valence-electron chi connectivity index (χ0n) is 15.1. The molecule has 1 atom stereocenters. The van der Waals surface area contributed by atoms with E-state index in [0.29, 0.717) is 43.1 Å². The van der Waals surface area contributed by atoms with E-state index in [-0.39, 0.29) is 11.8 Å². The molecule has 2 aromatic carbocycles. The van der Waals surface area contributed by atoms with Crippen LogP contribution in [-0.4, -0.2) is 43.0 Å². The fraction of sp³-hybridized carbons (Fsp3) is 0.300. The summed E-state index contributed by atoms with van der Waals surface area (Å²) in [4.78, 5) is 27.1. The molecule has 3 N–H and O–H groups in total. The lowest BCUT2D eigenvalue weighted by molar-refractivity contribution is -0.128. The number of nitrogens with two attached hydrogens (primary N) is 1. The predicted molar refractivity (Wildman–Crippen MR) is 98.9 cm³/mol. The number of halogens is 1. The van der Waals surface area contributed by atoms with Gasteiger partial charge in [0.2, 0.25) is 5.91 Å². The highest BCUT2D eigenvalue weighted by Gasteiger charge is 2.35. The first-order chi connectivity index (χ1) is 13.0. The highest BCUT2D eigenvalue weighted by atomic mass is 19.1. The third kappa shape index (κ3) is 4.09. The molecule has 0 radical (unpaired) electrons. The van der Waals surface area contributed by atoms with Crippen LogP contribution in [0.25, 0.3) is 0 Å². The van der Waals surface area contributed by atoms with Crippen LogP contribution in [0.5, 0.6) is 5.75 Å². The number of hydrogen-bond acceptors (Lipinski definition) is 4. The maximum atomic E-state index is 13.3. The molecule has 0 aromatic heterocycles. The van der Waals surface area contributed by atoms with Crippen molar-refractivity contribution < 1.29 is 18.7 Å². The van der Waals surface area contributed by atoms with Crippen LogP contribution in [0.15, 0.2) is 42.5 Å². The van der Waals surface area contributed by atoms with E-state index in [1.165, 1.54) is 29.2 Å². The highest BCUT2D eigenvalue weighted by Crippen LogP contribution is 2.27. The fourth-order valence-corrected chi connectivity index (χ4v) is 3.09. The van der Waals surface area contributed by atoms with E-state index >= 15 is 0 Å². The van der Waals surface area contributed by atoms with Crippen LogP contribution in [-0.2, 0) is 4.79 Å². The molecule has 0 bridgehead atoms. The number of carbonyl (C=O) groups is 2. The first-order valence-corrected chi connectivity index (χ1v) is 8.79. The molecule has 1 aliphatic rings. The van der Waals surface area contributed by atoms with Gasteiger partial charge < -0.3 is 20.7 Å². The molecule has 1 fully saturated rings. The van der Waals surface area contributed by atoms with E-state index in [1.807, 2.05) is 6.92 Å². The normalized spacial score (nSPS) is 16.8. The van der Waals surface area contributed by atoms with Crippen LogP contribution >= 0.6 is 0 Å². The van der Waals surface area contributed by atoms with E-state index in [9.17, 15) is 14.0 Å². The van der Waals surface area contributed by atoms with Gasteiger partial charge in [-0.05, 0) is 42.3 Å². The van der Waals surface area contributed by atoms with Crippen LogP contribution in [0.3, 0.4) is 0 Å².